The summed E-state index contributed by atoms with van der Waals surface area (Å²) in [6, 6.07) is 0. The van der Waals surface area contributed by atoms with Crippen molar-refractivity contribution in [3.8, 4) is 0 Å². The molecule has 24 heavy (non-hydrogen) atoms. The van der Waals surface area contributed by atoms with Crippen molar-refractivity contribution in [3.63, 3.8) is 0 Å². The molecule has 1 heterocycles. The third-order valence-corrected chi connectivity index (χ3v) is 5.08. The average Bonchev–Trinajstić information content (AvgIpc) is 2.54. The third kappa shape index (κ3) is 6.46. The molecule has 1 aliphatic heterocycles. The molecule has 0 bridgehead atoms. The predicted octanol–water partition coefficient (Wildman–Crippen LogP) is 5.00. The van der Waals surface area contributed by atoms with E-state index in [1.807, 2.05) is 0 Å². The molecule has 1 N–H and O–H groups in total. The van der Waals surface area contributed by atoms with E-state index in [0.717, 1.165) is 38.5 Å². The van der Waals surface area contributed by atoms with Gasteiger partial charge in [-0.25, -0.2) is 4.79 Å². The van der Waals surface area contributed by atoms with E-state index in [0.29, 0.717) is 12.2 Å². The fourth-order valence-electron chi connectivity index (χ4n) is 3.70. The fraction of sp³-hybridized carbons (Fsp3) is 0.850. The van der Waals surface area contributed by atoms with Crippen LogP contribution in [0.1, 0.15) is 96.8 Å². The van der Waals surface area contributed by atoms with Gasteiger partial charge in [-0.3, -0.25) is 0 Å². The largest absolute Gasteiger partial charge is 0.456 e. The highest BCUT2D eigenvalue weighted by Crippen LogP contribution is 2.38. The van der Waals surface area contributed by atoms with Crippen LogP contribution in [0.25, 0.3) is 0 Å². The summed E-state index contributed by atoms with van der Waals surface area (Å²) in [6.07, 6.45) is 15.6. The summed E-state index contributed by atoms with van der Waals surface area (Å²) in [5.74, 6) is -0.469. The molecule has 0 radical (unpaired) electrons. The first kappa shape index (κ1) is 19.3. The zero-order chi connectivity index (χ0) is 17.3. The van der Waals surface area contributed by atoms with Crippen LogP contribution >= 0.6 is 0 Å². The Kier molecular flexibility index (Phi) is 8.10. The number of ether oxygens (including phenoxy) is 2. The summed E-state index contributed by atoms with van der Waals surface area (Å²) in [5.41, 5.74) is 0. The van der Waals surface area contributed by atoms with Gasteiger partial charge in [-0.05, 0) is 19.3 Å². The van der Waals surface area contributed by atoms with Crippen molar-refractivity contribution in [1.29, 1.82) is 0 Å². The lowest BCUT2D eigenvalue weighted by molar-refractivity contribution is -0.234. The topological polar surface area (TPSA) is 55.8 Å². The van der Waals surface area contributed by atoms with Crippen LogP contribution in [-0.4, -0.2) is 23.0 Å². The number of hydrogen-bond donors (Lipinski definition) is 1. The lowest BCUT2D eigenvalue weighted by atomic mass is 9.93. The van der Waals surface area contributed by atoms with Crippen LogP contribution in [0.3, 0.4) is 0 Å². The number of unbranched alkanes of at least 4 members (excludes halogenated alkanes) is 6. The number of carbonyl (C=O) groups is 1. The second-order valence-electron chi connectivity index (χ2n) is 7.37. The Morgan fingerprint density at radius 1 is 1.04 bits per heavy atom. The Balaban J connectivity index is 1.67. The van der Waals surface area contributed by atoms with Gasteiger partial charge >= 0.3 is 5.97 Å². The normalized spacial score (nSPS) is 21.1. The predicted molar refractivity (Wildman–Crippen MR) is 94.3 cm³/mol. The van der Waals surface area contributed by atoms with Gasteiger partial charge in [0.2, 0.25) is 0 Å². The van der Waals surface area contributed by atoms with Crippen LogP contribution in [0.15, 0.2) is 11.8 Å². The summed E-state index contributed by atoms with van der Waals surface area (Å²) < 4.78 is 11.4. The minimum absolute atomic E-state index is 0.318. The van der Waals surface area contributed by atoms with E-state index in [1.165, 1.54) is 51.0 Å². The van der Waals surface area contributed by atoms with Crippen molar-refractivity contribution in [3.05, 3.63) is 11.8 Å². The lowest BCUT2D eigenvalue weighted by Gasteiger charge is -2.39. The van der Waals surface area contributed by atoms with Gasteiger partial charge in [0.25, 0.3) is 5.79 Å². The third-order valence-electron chi connectivity index (χ3n) is 5.08. The van der Waals surface area contributed by atoms with Gasteiger partial charge < -0.3 is 14.6 Å². The van der Waals surface area contributed by atoms with Crippen molar-refractivity contribution in [2.45, 2.75) is 109 Å². The van der Waals surface area contributed by atoms with Gasteiger partial charge in [0, 0.05) is 19.3 Å². The van der Waals surface area contributed by atoms with E-state index in [2.05, 4.69) is 6.92 Å². The quantitative estimate of drug-likeness (QED) is 0.450. The summed E-state index contributed by atoms with van der Waals surface area (Å²) in [7, 11) is 0. The molecule has 1 fully saturated rings. The van der Waals surface area contributed by atoms with E-state index < -0.39 is 11.9 Å². The molecule has 2 aliphatic rings. The molecule has 0 aromatic rings. The Morgan fingerprint density at radius 2 is 1.71 bits per heavy atom. The van der Waals surface area contributed by atoms with Gasteiger partial charge in [0.1, 0.15) is 5.76 Å². The van der Waals surface area contributed by atoms with Gasteiger partial charge in [0.15, 0.2) is 0 Å². The Hall–Kier alpha value is -1.03. The number of hydrogen-bond acceptors (Lipinski definition) is 4. The van der Waals surface area contributed by atoms with Crippen molar-refractivity contribution in [2.75, 3.05) is 0 Å². The number of rotatable bonds is 10. The number of aliphatic hydroxyl groups is 1. The Labute approximate surface area is 146 Å². The molecule has 1 atom stereocenters. The van der Waals surface area contributed by atoms with E-state index in [-0.39, 0.29) is 5.97 Å². The number of carbonyl (C=O) groups excluding carboxylic acids is 1. The minimum Gasteiger partial charge on any atom is -0.456 e. The molecule has 1 spiro atoms. The maximum atomic E-state index is 11.9. The lowest BCUT2D eigenvalue weighted by Crippen LogP contribution is -2.42. The Morgan fingerprint density at radius 3 is 2.42 bits per heavy atom. The van der Waals surface area contributed by atoms with E-state index in [1.54, 1.807) is 0 Å². The van der Waals surface area contributed by atoms with E-state index in [9.17, 15) is 9.90 Å². The number of aliphatic hydroxyl groups excluding tert-OH is 1. The highest BCUT2D eigenvalue weighted by Gasteiger charge is 2.41. The standard InChI is InChI=1S/C20H34O4/c1-2-3-4-5-6-7-9-12-17(21)15-18-16-19(22)24-20(23-18)13-10-8-11-14-20/h16-17,21H,2-15H2,1H3/t17-/m0/s1. The first-order valence-corrected chi connectivity index (χ1v) is 9.94. The highest BCUT2D eigenvalue weighted by atomic mass is 16.7. The smallest absolute Gasteiger partial charge is 0.337 e. The average molecular weight is 338 g/mol. The first-order chi connectivity index (χ1) is 11.6. The molecule has 0 unspecified atom stereocenters. The molecular weight excluding hydrogens is 304 g/mol. The van der Waals surface area contributed by atoms with Gasteiger partial charge in [0.05, 0.1) is 12.2 Å². The minimum atomic E-state index is -0.752. The van der Waals surface area contributed by atoms with E-state index in [4.69, 9.17) is 9.47 Å². The maximum absolute atomic E-state index is 11.9. The molecule has 138 valence electrons. The molecule has 4 nitrogen and oxygen atoms in total. The summed E-state index contributed by atoms with van der Waals surface area (Å²) in [4.78, 5) is 11.9. The molecule has 0 aromatic heterocycles. The number of esters is 1. The summed E-state index contributed by atoms with van der Waals surface area (Å²) >= 11 is 0. The van der Waals surface area contributed by atoms with Gasteiger partial charge in [-0.1, -0.05) is 58.3 Å². The molecule has 1 aliphatic carbocycles. The SMILES string of the molecule is CCCCCCCCC[C@H](O)CC1=CC(=O)OC2(CCCCC2)O1. The van der Waals surface area contributed by atoms with Crippen molar-refractivity contribution in [1.82, 2.24) is 0 Å². The second kappa shape index (κ2) is 10.1. The van der Waals surface area contributed by atoms with Crippen molar-refractivity contribution >= 4 is 5.97 Å². The highest BCUT2D eigenvalue weighted by molar-refractivity contribution is 5.83. The molecule has 4 heteroatoms. The molecule has 0 aromatic carbocycles. The molecular formula is C20H34O4. The Bertz CT molecular complexity index is 410. The van der Waals surface area contributed by atoms with Crippen LogP contribution in [-0.2, 0) is 14.3 Å². The molecule has 1 saturated carbocycles. The van der Waals surface area contributed by atoms with Crippen LogP contribution in [0, 0.1) is 0 Å². The summed E-state index contributed by atoms with van der Waals surface area (Å²) in [5, 5.41) is 10.2. The fourth-order valence-corrected chi connectivity index (χ4v) is 3.70. The van der Waals surface area contributed by atoms with Gasteiger partial charge in [-0.15, -0.1) is 0 Å². The zero-order valence-electron chi connectivity index (χ0n) is 15.2. The second-order valence-corrected chi connectivity index (χ2v) is 7.37. The monoisotopic (exact) mass is 338 g/mol. The molecule has 0 saturated heterocycles. The van der Waals surface area contributed by atoms with E-state index >= 15 is 0 Å². The van der Waals surface area contributed by atoms with Gasteiger partial charge in [-0.2, -0.15) is 0 Å². The molecule has 2 rings (SSSR count). The summed E-state index contributed by atoms with van der Waals surface area (Å²) in [6.45, 7) is 2.23. The van der Waals surface area contributed by atoms with Crippen molar-refractivity contribution in [2.24, 2.45) is 0 Å². The van der Waals surface area contributed by atoms with Crippen LogP contribution in [0.4, 0.5) is 0 Å². The van der Waals surface area contributed by atoms with Crippen LogP contribution in [0.2, 0.25) is 0 Å². The first-order valence-electron chi connectivity index (χ1n) is 9.94. The maximum Gasteiger partial charge on any atom is 0.337 e. The van der Waals surface area contributed by atoms with Crippen molar-refractivity contribution < 1.29 is 19.4 Å². The molecule has 0 amide bonds. The zero-order valence-corrected chi connectivity index (χ0v) is 15.2. The van der Waals surface area contributed by atoms with Crippen LogP contribution < -0.4 is 0 Å². The van der Waals surface area contributed by atoms with Crippen LogP contribution in [0.5, 0.6) is 0 Å².